The molecule has 0 saturated carbocycles. The number of tetrazole rings is 1. The number of carbonyl (C=O) groups excluding carboxylic acids is 2. The Morgan fingerprint density at radius 1 is 1.24 bits per heavy atom. The number of halogens is 2. The summed E-state index contributed by atoms with van der Waals surface area (Å²) in [7, 11) is 0. The van der Waals surface area contributed by atoms with E-state index in [2.05, 4.69) is 25.8 Å². The molecule has 34 heavy (non-hydrogen) atoms. The molecule has 2 aromatic heterocycles. The van der Waals surface area contributed by atoms with Gasteiger partial charge in [-0.1, -0.05) is 12.1 Å². The van der Waals surface area contributed by atoms with Gasteiger partial charge in [0.1, 0.15) is 17.5 Å². The van der Waals surface area contributed by atoms with Crippen LogP contribution in [0.5, 0.6) is 0 Å². The van der Waals surface area contributed by atoms with Crippen LogP contribution in [0.25, 0.3) is 22.6 Å². The van der Waals surface area contributed by atoms with Gasteiger partial charge in [-0.2, -0.15) is 4.68 Å². The van der Waals surface area contributed by atoms with Gasteiger partial charge < -0.3 is 16.0 Å². The van der Waals surface area contributed by atoms with Crippen LogP contribution < -0.4 is 11.1 Å². The van der Waals surface area contributed by atoms with E-state index in [-0.39, 0.29) is 29.1 Å². The third-order valence-electron chi connectivity index (χ3n) is 5.97. The van der Waals surface area contributed by atoms with Crippen LogP contribution in [0.2, 0.25) is 0 Å². The maximum absolute atomic E-state index is 14.4. The Hall–Kier alpha value is -4.22. The molecule has 0 bridgehead atoms. The highest BCUT2D eigenvalue weighted by Gasteiger charge is 2.31. The van der Waals surface area contributed by atoms with E-state index in [1.165, 1.54) is 12.1 Å². The highest BCUT2D eigenvalue weighted by Crippen LogP contribution is 2.30. The zero-order chi connectivity index (χ0) is 23.8. The average Bonchev–Trinajstić information content (AvgIpc) is 3.50. The van der Waals surface area contributed by atoms with Crippen molar-refractivity contribution in [2.75, 3.05) is 18.8 Å². The Bertz CT molecular complexity index is 1320. The second-order valence-corrected chi connectivity index (χ2v) is 8.07. The number of rotatable bonds is 4. The Labute approximate surface area is 192 Å². The summed E-state index contributed by atoms with van der Waals surface area (Å²) in [5.74, 6) is -2.07. The molecule has 0 radical (unpaired) electrons. The number of hydrogen-bond donors (Lipinski definition) is 2. The lowest BCUT2D eigenvalue weighted by atomic mass is 9.98. The molecule has 2 aliphatic rings. The highest BCUT2D eigenvalue weighted by molar-refractivity contribution is 5.91. The van der Waals surface area contributed by atoms with Gasteiger partial charge in [-0.25, -0.2) is 13.8 Å². The fraction of sp³-hybridized carbons (Fsp3) is 0.273. The molecule has 1 unspecified atom stereocenters. The van der Waals surface area contributed by atoms with Crippen LogP contribution in [-0.2, 0) is 9.59 Å². The van der Waals surface area contributed by atoms with Crippen molar-refractivity contribution < 1.29 is 18.4 Å². The number of nitrogen functional groups attached to an aromatic ring is 1. The number of nitrogens with two attached hydrogens (primary N) is 1. The topological polar surface area (TPSA) is 132 Å². The van der Waals surface area contributed by atoms with E-state index < -0.39 is 17.7 Å². The second kappa shape index (κ2) is 8.61. The fourth-order valence-corrected chi connectivity index (χ4v) is 4.15. The monoisotopic (exact) mass is 466 g/mol. The predicted molar refractivity (Wildman–Crippen MR) is 117 cm³/mol. The van der Waals surface area contributed by atoms with E-state index in [1.54, 1.807) is 17.2 Å². The first-order valence-electron chi connectivity index (χ1n) is 10.7. The van der Waals surface area contributed by atoms with Crippen LogP contribution in [0.4, 0.5) is 14.6 Å². The van der Waals surface area contributed by atoms with Gasteiger partial charge in [-0.05, 0) is 52.6 Å². The molecule has 174 valence electrons. The number of aromatic nitrogens is 5. The van der Waals surface area contributed by atoms with Crippen molar-refractivity contribution >= 4 is 23.2 Å². The number of nitrogens with zero attached hydrogens (tertiary/aromatic N) is 6. The predicted octanol–water partition coefficient (Wildman–Crippen LogP) is 1.48. The van der Waals surface area contributed by atoms with Gasteiger partial charge in [0, 0.05) is 25.7 Å². The zero-order valence-electron chi connectivity index (χ0n) is 17.9. The molecule has 10 nitrogen and oxygen atoms in total. The molecule has 12 heteroatoms. The molecule has 4 heterocycles. The maximum Gasteiger partial charge on any atom is 0.245 e. The van der Waals surface area contributed by atoms with Crippen LogP contribution in [0.3, 0.4) is 0 Å². The summed E-state index contributed by atoms with van der Waals surface area (Å²) in [6, 6.07) is 4.99. The van der Waals surface area contributed by atoms with Crippen molar-refractivity contribution in [2.24, 2.45) is 0 Å². The first kappa shape index (κ1) is 21.6. The van der Waals surface area contributed by atoms with Crippen molar-refractivity contribution in [1.82, 2.24) is 35.4 Å². The molecule has 1 atom stereocenters. The minimum Gasteiger partial charge on any atom is -0.383 e. The van der Waals surface area contributed by atoms with Gasteiger partial charge in [0.25, 0.3) is 0 Å². The van der Waals surface area contributed by atoms with Crippen LogP contribution in [0.15, 0.2) is 36.5 Å². The second-order valence-electron chi connectivity index (χ2n) is 8.07. The minimum absolute atomic E-state index is 0.0893. The molecular weight excluding hydrogens is 446 g/mol. The Balaban J connectivity index is 1.41. The molecule has 3 aromatic rings. The molecule has 1 aromatic carbocycles. The smallest absolute Gasteiger partial charge is 0.245 e. The molecule has 0 aliphatic carbocycles. The number of hydrogen-bond acceptors (Lipinski definition) is 7. The molecule has 0 spiro atoms. The van der Waals surface area contributed by atoms with Crippen LogP contribution in [0.1, 0.15) is 24.8 Å². The molecule has 5 rings (SSSR count). The average molecular weight is 466 g/mol. The lowest BCUT2D eigenvalue weighted by molar-refractivity contribution is -0.134. The van der Waals surface area contributed by atoms with Crippen molar-refractivity contribution in [3.63, 3.8) is 0 Å². The Kier molecular flexibility index (Phi) is 5.48. The largest absolute Gasteiger partial charge is 0.383 e. The number of amides is 2. The summed E-state index contributed by atoms with van der Waals surface area (Å²) in [6.45, 7) is 0.884. The van der Waals surface area contributed by atoms with Crippen LogP contribution in [-0.4, -0.2) is 61.0 Å². The van der Waals surface area contributed by atoms with E-state index in [0.717, 1.165) is 21.9 Å². The van der Waals surface area contributed by atoms with E-state index in [9.17, 15) is 18.4 Å². The highest BCUT2D eigenvalue weighted by atomic mass is 19.2. The molecule has 2 amide bonds. The third kappa shape index (κ3) is 3.87. The van der Waals surface area contributed by atoms with Crippen molar-refractivity contribution in [1.29, 1.82) is 0 Å². The summed E-state index contributed by atoms with van der Waals surface area (Å²) in [6.07, 6.45) is 4.97. The standard InChI is InChI=1S/C22H20F2N8O2/c23-15-2-1-3-17(19(15)24)32-21(28-29-30-32)14-10-13(11-26-20(14)25)12-6-8-31(9-7-12)22(34)16-4-5-18(33)27-16/h1-3,6,10-11,16H,4-5,7-9H2,(H2,25,26)(H,27,33). The van der Waals surface area contributed by atoms with Gasteiger partial charge in [-0.15, -0.1) is 5.10 Å². The van der Waals surface area contributed by atoms with Crippen molar-refractivity contribution in [3.8, 4) is 17.1 Å². The summed E-state index contributed by atoms with van der Waals surface area (Å²) in [5.41, 5.74) is 7.97. The first-order valence-corrected chi connectivity index (χ1v) is 10.7. The van der Waals surface area contributed by atoms with Gasteiger partial charge in [-0.3, -0.25) is 9.59 Å². The van der Waals surface area contributed by atoms with E-state index in [1.807, 2.05) is 6.08 Å². The lowest BCUT2D eigenvalue weighted by Gasteiger charge is -2.29. The normalized spacial score (nSPS) is 18.1. The van der Waals surface area contributed by atoms with Crippen LogP contribution >= 0.6 is 0 Å². The number of anilines is 1. The molecule has 2 aliphatic heterocycles. The number of carbonyl (C=O) groups is 2. The summed E-state index contributed by atoms with van der Waals surface area (Å²) < 4.78 is 29.2. The summed E-state index contributed by atoms with van der Waals surface area (Å²) in [4.78, 5) is 30.0. The van der Waals surface area contributed by atoms with Crippen molar-refractivity contribution in [2.45, 2.75) is 25.3 Å². The molecule has 1 saturated heterocycles. The number of pyridine rings is 1. The van der Waals surface area contributed by atoms with Gasteiger partial charge in [0.05, 0.1) is 5.56 Å². The fourth-order valence-electron chi connectivity index (χ4n) is 4.15. The van der Waals surface area contributed by atoms with E-state index in [0.29, 0.717) is 37.9 Å². The summed E-state index contributed by atoms with van der Waals surface area (Å²) in [5, 5.41) is 14.1. The zero-order valence-corrected chi connectivity index (χ0v) is 17.9. The quantitative estimate of drug-likeness (QED) is 0.595. The van der Waals surface area contributed by atoms with E-state index >= 15 is 0 Å². The lowest BCUT2D eigenvalue weighted by Crippen LogP contribution is -2.45. The number of benzene rings is 1. The Morgan fingerprint density at radius 3 is 2.82 bits per heavy atom. The SMILES string of the molecule is Nc1ncc(C2=CCN(C(=O)C3CCC(=O)N3)CC2)cc1-c1nnnn1-c1cccc(F)c1F. The maximum atomic E-state index is 14.4. The van der Waals surface area contributed by atoms with Crippen molar-refractivity contribution in [3.05, 3.63) is 53.7 Å². The number of nitrogens with one attached hydrogen (secondary N) is 1. The first-order chi connectivity index (χ1) is 16.4. The minimum atomic E-state index is -1.09. The summed E-state index contributed by atoms with van der Waals surface area (Å²) >= 11 is 0. The van der Waals surface area contributed by atoms with E-state index in [4.69, 9.17) is 5.73 Å². The molecule has 1 fully saturated rings. The third-order valence-corrected chi connectivity index (χ3v) is 5.97. The Morgan fingerprint density at radius 2 is 2.09 bits per heavy atom. The van der Waals surface area contributed by atoms with Gasteiger partial charge in [0.15, 0.2) is 17.5 Å². The van der Waals surface area contributed by atoms with Gasteiger partial charge in [0.2, 0.25) is 11.8 Å². The molecule has 3 N–H and O–H groups in total. The molecular formula is C22H20F2N8O2. The van der Waals surface area contributed by atoms with Gasteiger partial charge >= 0.3 is 0 Å². The van der Waals surface area contributed by atoms with Crippen LogP contribution in [0, 0.1) is 11.6 Å².